The lowest BCUT2D eigenvalue weighted by atomic mass is 10.1. The summed E-state index contributed by atoms with van der Waals surface area (Å²) in [5.74, 6) is 0.0616. The number of rotatable bonds is 6. The molecule has 0 radical (unpaired) electrons. The smallest absolute Gasteiger partial charge is 0.234 e. The number of nitrogens with one attached hydrogen (secondary N) is 1. The van der Waals surface area contributed by atoms with Crippen molar-refractivity contribution in [3.8, 4) is 0 Å². The zero-order valence-corrected chi connectivity index (χ0v) is 13.5. The fraction of sp³-hybridized carbons (Fsp3) is 0.562. The van der Waals surface area contributed by atoms with Crippen LogP contribution in [0, 0.1) is 6.92 Å². The van der Waals surface area contributed by atoms with Crippen molar-refractivity contribution < 1.29 is 4.79 Å². The van der Waals surface area contributed by atoms with Gasteiger partial charge in [-0.1, -0.05) is 12.1 Å². The minimum Gasteiger partial charge on any atom is -0.377 e. The van der Waals surface area contributed by atoms with Crippen LogP contribution in [0.4, 0.5) is 5.69 Å². The summed E-state index contributed by atoms with van der Waals surface area (Å²) < 4.78 is 0. The highest BCUT2D eigenvalue weighted by atomic mass is 16.2. The van der Waals surface area contributed by atoms with E-state index in [1.165, 1.54) is 5.56 Å². The molecule has 1 aromatic rings. The third-order valence-corrected chi connectivity index (χ3v) is 3.47. The molecule has 0 saturated carbocycles. The van der Waals surface area contributed by atoms with E-state index in [1.54, 1.807) is 0 Å². The summed E-state index contributed by atoms with van der Waals surface area (Å²) in [6.45, 7) is 7.24. The van der Waals surface area contributed by atoms with E-state index in [4.69, 9.17) is 0 Å². The number of carbonyl (C=O) groups is 1. The lowest BCUT2D eigenvalue weighted by molar-refractivity contribution is -0.122. The lowest BCUT2D eigenvalue weighted by Gasteiger charge is -2.21. The van der Waals surface area contributed by atoms with Gasteiger partial charge < -0.3 is 10.2 Å². The van der Waals surface area contributed by atoms with E-state index in [0.29, 0.717) is 19.1 Å². The van der Waals surface area contributed by atoms with Gasteiger partial charge in [0.2, 0.25) is 5.91 Å². The predicted octanol–water partition coefficient (Wildman–Crippen LogP) is 2.02. The highest BCUT2D eigenvalue weighted by Gasteiger charge is 2.10. The van der Waals surface area contributed by atoms with Crippen LogP contribution < -0.4 is 10.2 Å². The molecule has 20 heavy (non-hydrogen) atoms. The zero-order valence-electron chi connectivity index (χ0n) is 13.5. The summed E-state index contributed by atoms with van der Waals surface area (Å²) in [7, 11) is 6.00. The number of carbonyl (C=O) groups excluding carboxylic acids is 1. The van der Waals surface area contributed by atoms with Gasteiger partial charge in [0.15, 0.2) is 0 Å². The van der Waals surface area contributed by atoms with Crippen molar-refractivity contribution >= 4 is 11.6 Å². The van der Waals surface area contributed by atoms with Gasteiger partial charge in [-0.25, -0.2) is 0 Å². The maximum atomic E-state index is 11.9. The van der Waals surface area contributed by atoms with Crippen LogP contribution in [0.2, 0.25) is 0 Å². The van der Waals surface area contributed by atoms with Crippen molar-refractivity contribution in [3.05, 3.63) is 29.3 Å². The van der Waals surface area contributed by atoms with Crippen LogP contribution in [0.1, 0.15) is 25.0 Å². The molecule has 1 N–H and O–H groups in total. The second-order valence-corrected chi connectivity index (χ2v) is 5.81. The molecule has 112 valence electrons. The third-order valence-electron chi connectivity index (χ3n) is 3.47. The third kappa shape index (κ3) is 4.85. The minimum absolute atomic E-state index is 0.0616. The first-order chi connectivity index (χ1) is 9.31. The quantitative estimate of drug-likeness (QED) is 0.864. The normalized spacial score (nSPS) is 11.0. The second kappa shape index (κ2) is 7.29. The molecule has 1 amide bonds. The standard InChI is InChI=1S/C16H27N3O/c1-12(2)19(6)11-16(20)17-10-14-8-7-13(3)9-15(14)18(4)5/h7-9,12H,10-11H2,1-6H3,(H,17,20). The van der Waals surface area contributed by atoms with Gasteiger partial charge in [-0.15, -0.1) is 0 Å². The summed E-state index contributed by atoms with van der Waals surface area (Å²) >= 11 is 0. The molecule has 0 aliphatic heterocycles. The van der Waals surface area contributed by atoms with E-state index in [1.807, 2.05) is 26.0 Å². The van der Waals surface area contributed by atoms with Crippen LogP contribution in [0.25, 0.3) is 0 Å². The van der Waals surface area contributed by atoms with Crippen molar-refractivity contribution in [1.82, 2.24) is 10.2 Å². The van der Waals surface area contributed by atoms with E-state index in [-0.39, 0.29) is 5.91 Å². The molecule has 1 aromatic carbocycles. The number of benzene rings is 1. The van der Waals surface area contributed by atoms with Crippen molar-refractivity contribution in [1.29, 1.82) is 0 Å². The van der Waals surface area contributed by atoms with Gasteiger partial charge >= 0.3 is 0 Å². The van der Waals surface area contributed by atoms with E-state index in [2.05, 4.69) is 49.2 Å². The predicted molar refractivity (Wildman–Crippen MR) is 85.1 cm³/mol. The van der Waals surface area contributed by atoms with Crippen LogP contribution in [-0.2, 0) is 11.3 Å². The summed E-state index contributed by atoms with van der Waals surface area (Å²) in [6, 6.07) is 6.67. The molecule has 0 spiro atoms. The lowest BCUT2D eigenvalue weighted by Crippen LogP contribution is -2.38. The average Bonchev–Trinajstić information content (AvgIpc) is 2.36. The van der Waals surface area contributed by atoms with E-state index in [9.17, 15) is 4.79 Å². The van der Waals surface area contributed by atoms with E-state index in [0.717, 1.165) is 11.3 Å². The first-order valence-electron chi connectivity index (χ1n) is 7.05. The average molecular weight is 277 g/mol. The van der Waals surface area contributed by atoms with E-state index >= 15 is 0 Å². The second-order valence-electron chi connectivity index (χ2n) is 5.81. The Morgan fingerprint density at radius 1 is 1.25 bits per heavy atom. The molecule has 0 bridgehead atoms. The Labute approximate surface area is 122 Å². The molecule has 4 nitrogen and oxygen atoms in total. The first-order valence-corrected chi connectivity index (χ1v) is 7.05. The highest BCUT2D eigenvalue weighted by molar-refractivity contribution is 5.78. The van der Waals surface area contributed by atoms with Gasteiger partial charge in [0.1, 0.15) is 0 Å². The Kier molecular flexibility index (Phi) is 6.02. The number of aryl methyl sites for hydroxylation is 1. The molecule has 0 unspecified atom stereocenters. The van der Waals surface area contributed by atoms with Gasteiger partial charge in [0, 0.05) is 32.4 Å². The molecule has 0 heterocycles. The molecule has 4 heteroatoms. The Morgan fingerprint density at radius 2 is 1.90 bits per heavy atom. The highest BCUT2D eigenvalue weighted by Crippen LogP contribution is 2.20. The molecular weight excluding hydrogens is 250 g/mol. The fourth-order valence-corrected chi connectivity index (χ4v) is 1.90. The molecule has 0 atom stereocenters. The molecular formula is C16H27N3O. The maximum Gasteiger partial charge on any atom is 0.234 e. The molecule has 0 saturated heterocycles. The number of nitrogens with zero attached hydrogens (tertiary/aromatic N) is 2. The molecule has 0 aliphatic carbocycles. The molecule has 0 aromatic heterocycles. The monoisotopic (exact) mass is 277 g/mol. The zero-order chi connectivity index (χ0) is 15.3. The molecule has 1 rings (SSSR count). The summed E-state index contributed by atoms with van der Waals surface area (Å²) in [4.78, 5) is 16.0. The summed E-state index contributed by atoms with van der Waals surface area (Å²) in [6.07, 6.45) is 0. The van der Waals surface area contributed by atoms with Crippen molar-refractivity contribution in [3.63, 3.8) is 0 Å². The number of amides is 1. The topological polar surface area (TPSA) is 35.6 Å². The van der Waals surface area contributed by atoms with Gasteiger partial charge in [-0.05, 0) is 45.0 Å². The van der Waals surface area contributed by atoms with E-state index < -0.39 is 0 Å². The van der Waals surface area contributed by atoms with Crippen LogP contribution in [0.3, 0.4) is 0 Å². The molecule has 0 aliphatic rings. The van der Waals surface area contributed by atoms with Crippen molar-refractivity contribution in [2.24, 2.45) is 0 Å². The maximum absolute atomic E-state index is 11.9. The van der Waals surface area contributed by atoms with Gasteiger partial charge in [0.25, 0.3) is 0 Å². The minimum atomic E-state index is 0.0616. The SMILES string of the molecule is Cc1ccc(CNC(=O)CN(C)C(C)C)c(N(C)C)c1. The number of hydrogen-bond acceptors (Lipinski definition) is 3. The van der Waals surface area contributed by atoms with Gasteiger partial charge in [-0.2, -0.15) is 0 Å². The number of hydrogen-bond donors (Lipinski definition) is 1. The van der Waals surface area contributed by atoms with Crippen LogP contribution >= 0.6 is 0 Å². The van der Waals surface area contributed by atoms with Crippen LogP contribution in [0.5, 0.6) is 0 Å². The van der Waals surface area contributed by atoms with Crippen LogP contribution in [0.15, 0.2) is 18.2 Å². The summed E-state index contributed by atoms with van der Waals surface area (Å²) in [5.41, 5.74) is 3.52. The van der Waals surface area contributed by atoms with Gasteiger partial charge in [-0.3, -0.25) is 9.69 Å². The first kappa shape index (κ1) is 16.5. The Bertz CT molecular complexity index is 455. The van der Waals surface area contributed by atoms with Gasteiger partial charge in [0.05, 0.1) is 6.54 Å². The number of anilines is 1. The summed E-state index contributed by atoms with van der Waals surface area (Å²) in [5, 5.41) is 2.99. The fourth-order valence-electron chi connectivity index (χ4n) is 1.90. The molecule has 0 fully saturated rings. The Morgan fingerprint density at radius 3 is 2.45 bits per heavy atom. The van der Waals surface area contributed by atoms with Crippen molar-refractivity contribution in [2.45, 2.75) is 33.4 Å². The Balaban J connectivity index is 2.64. The van der Waals surface area contributed by atoms with Crippen molar-refractivity contribution in [2.75, 3.05) is 32.6 Å². The Hall–Kier alpha value is -1.55. The van der Waals surface area contributed by atoms with Crippen LogP contribution in [-0.4, -0.2) is 44.5 Å². The largest absolute Gasteiger partial charge is 0.377 e. The number of likely N-dealkylation sites (N-methyl/N-ethyl adjacent to an activating group) is 1.